The van der Waals surface area contributed by atoms with Crippen molar-refractivity contribution in [2.24, 2.45) is 0 Å². The fourth-order valence-corrected chi connectivity index (χ4v) is 1.84. The van der Waals surface area contributed by atoms with Crippen molar-refractivity contribution < 1.29 is 5.11 Å². The predicted octanol–water partition coefficient (Wildman–Crippen LogP) is 4.01. The van der Waals surface area contributed by atoms with Crippen LogP contribution in [0.4, 0.5) is 0 Å². The highest BCUT2D eigenvalue weighted by Crippen LogP contribution is 2.23. The van der Waals surface area contributed by atoms with Crippen molar-refractivity contribution in [1.29, 1.82) is 0 Å². The summed E-state index contributed by atoms with van der Waals surface area (Å²) >= 11 is 0. The molecule has 0 bridgehead atoms. The van der Waals surface area contributed by atoms with Crippen LogP contribution in [0.15, 0.2) is 48.5 Å². The molecule has 0 heterocycles. The average molecular weight is 212 g/mol. The van der Waals surface area contributed by atoms with Crippen LogP contribution in [0.5, 0.6) is 5.75 Å². The van der Waals surface area contributed by atoms with Crippen molar-refractivity contribution in [3.8, 4) is 16.9 Å². The zero-order chi connectivity index (χ0) is 11.4. The lowest BCUT2D eigenvalue weighted by molar-refractivity contribution is 0.475. The minimum absolute atomic E-state index is 0.315. The molecule has 0 unspecified atom stereocenters. The summed E-state index contributed by atoms with van der Waals surface area (Å²) in [6, 6.07) is 15.9. The molecule has 0 aromatic heterocycles. The van der Waals surface area contributed by atoms with Gasteiger partial charge in [0.25, 0.3) is 0 Å². The Morgan fingerprint density at radius 1 is 0.938 bits per heavy atom. The van der Waals surface area contributed by atoms with Crippen LogP contribution in [0.1, 0.15) is 18.9 Å². The molecule has 0 atom stereocenters. The smallest absolute Gasteiger partial charge is 0.116 e. The van der Waals surface area contributed by atoms with Crippen LogP contribution in [-0.4, -0.2) is 5.11 Å². The quantitative estimate of drug-likeness (QED) is 0.815. The summed E-state index contributed by atoms with van der Waals surface area (Å²) in [7, 11) is 0. The van der Waals surface area contributed by atoms with E-state index in [1.165, 1.54) is 12.0 Å². The maximum Gasteiger partial charge on any atom is 0.116 e. The third kappa shape index (κ3) is 2.43. The van der Waals surface area contributed by atoms with Crippen LogP contribution in [-0.2, 0) is 6.42 Å². The first-order valence-corrected chi connectivity index (χ1v) is 5.68. The van der Waals surface area contributed by atoms with Gasteiger partial charge < -0.3 is 5.11 Å². The Balaban J connectivity index is 2.27. The monoisotopic (exact) mass is 212 g/mol. The molecule has 0 radical (unpaired) electrons. The molecule has 2 aromatic rings. The summed E-state index contributed by atoms with van der Waals surface area (Å²) in [5.74, 6) is 0.315. The molecule has 1 heteroatoms. The second-order valence-corrected chi connectivity index (χ2v) is 4.00. The van der Waals surface area contributed by atoms with Crippen LogP contribution in [0.2, 0.25) is 0 Å². The van der Waals surface area contributed by atoms with Gasteiger partial charge in [-0.1, -0.05) is 49.7 Å². The Labute approximate surface area is 96.4 Å². The fraction of sp³-hybridized carbons (Fsp3) is 0.200. The second kappa shape index (κ2) is 4.84. The highest BCUT2D eigenvalue weighted by Gasteiger charge is 1.98. The normalized spacial score (nSPS) is 10.3. The molecule has 2 rings (SSSR count). The van der Waals surface area contributed by atoms with Crippen LogP contribution in [0.25, 0.3) is 11.1 Å². The van der Waals surface area contributed by atoms with Gasteiger partial charge >= 0.3 is 0 Å². The Bertz CT molecular complexity index is 457. The van der Waals surface area contributed by atoms with E-state index < -0.39 is 0 Å². The van der Waals surface area contributed by atoms with Gasteiger partial charge in [0.15, 0.2) is 0 Å². The van der Waals surface area contributed by atoms with Gasteiger partial charge in [0, 0.05) is 0 Å². The number of aromatic hydroxyl groups is 1. The minimum atomic E-state index is 0.315. The first-order chi connectivity index (χ1) is 7.79. The van der Waals surface area contributed by atoms with E-state index in [0.717, 1.165) is 17.5 Å². The summed E-state index contributed by atoms with van der Waals surface area (Å²) in [6.45, 7) is 2.18. The third-order valence-corrected chi connectivity index (χ3v) is 2.67. The maximum atomic E-state index is 9.41. The molecule has 0 saturated carbocycles. The SMILES string of the molecule is CCCc1ccc(-c2cccc(O)c2)cc1. The lowest BCUT2D eigenvalue weighted by atomic mass is 10.0. The van der Waals surface area contributed by atoms with Crippen molar-refractivity contribution in [1.82, 2.24) is 0 Å². The van der Waals surface area contributed by atoms with E-state index in [4.69, 9.17) is 0 Å². The molecule has 0 amide bonds. The maximum absolute atomic E-state index is 9.41. The van der Waals surface area contributed by atoms with Gasteiger partial charge in [0.1, 0.15) is 5.75 Å². The van der Waals surface area contributed by atoms with E-state index in [9.17, 15) is 5.11 Å². The minimum Gasteiger partial charge on any atom is -0.508 e. The molecule has 82 valence electrons. The molecule has 1 N–H and O–H groups in total. The number of rotatable bonds is 3. The summed E-state index contributed by atoms with van der Waals surface area (Å²) in [6.07, 6.45) is 2.30. The standard InChI is InChI=1S/C15H16O/c1-2-4-12-7-9-13(10-8-12)14-5-3-6-15(16)11-14/h3,5-11,16H,2,4H2,1H3. The third-order valence-electron chi connectivity index (χ3n) is 2.67. The van der Waals surface area contributed by atoms with Crippen molar-refractivity contribution in [3.05, 3.63) is 54.1 Å². The topological polar surface area (TPSA) is 20.2 Å². The van der Waals surface area contributed by atoms with E-state index in [2.05, 4.69) is 31.2 Å². The molecule has 2 aromatic carbocycles. The van der Waals surface area contributed by atoms with E-state index in [0.29, 0.717) is 5.75 Å². The van der Waals surface area contributed by atoms with Crippen molar-refractivity contribution >= 4 is 0 Å². The van der Waals surface area contributed by atoms with Crippen molar-refractivity contribution in [2.45, 2.75) is 19.8 Å². The van der Waals surface area contributed by atoms with Gasteiger partial charge in [0.05, 0.1) is 0 Å². The molecule has 1 nitrogen and oxygen atoms in total. The van der Waals surface area contributed by atoms with E-state index in [1.807, 2.05) is 12.1 Å². The van der Waals surface area contributed by atoms with Crippen LogP contribution in [0.3, 0.4) is 0 Å². The molecule has 0 aliphatic carbocycles. The number of phenolic OH excluding ortho intramolecular Hbond substituents is 1. The van der Waals surface area contributed by atoms with Crippen molar-refractivity contribution in [3.63, 3.8) is 0 Å². The van der Waals surface area contributed by atoms with Crippen molar-refractivity contribution in [2.75, 3.05) is 0 Å². The lowest BCUT2D eigenvalue weighted by Gasteiger charge is -2.04. The summed E-state index contributed by atoms with van der Waals surface area (Å²) in [5, 5.41) is 9.41. The summed E-state index contributed by atoms with van der Waals surface area (Å²) < 4.78 is 0. The van der Waals surface area contributed by atoms with Gasteiger partial charge in [-0.05, 0) is 35.2 Å². The van der Waals surface area contributed by atoms with Gasteiger partial charge in [-0.15, -0.1) is 0 Å². The Hall–Kier alpha value is -1.76. The van der Waals surface area contributed by atoms with Gasteiger partial charge in [-0.25, -0.2) is 0 Å². The highest BCUT2D eigenvalue weighted by molar-refractivity contribution is 5.65. The predicted molar refractivity (Wildman–Crippen MR) is 67.5 cm³/mol. The zero-order valence-electron chi connectivity index (χ0n) is 9.48. The average Bonchev–Trinajstić information content (AvgIpc) is 2.30. The van der Waals surface area contributed by atoms with Crippen LogP contribution < -0.4 is 0 Å². The fourth-order valence-electron chi connectivity index (χ4n) is 1.84. The Kier molecular flexibility index (Phi) is 3.25. The van der Waals surface area contributed by atoms with Gasteiger partial charge in [0.2, 0.25) is 0 Å². The van der Waals surface area contributed by atoms with E-state index in [-0.39, 0.29) is 0 Å². The largest absolute Gasteiger partial charge is 0.508 e. The number of hydrogen-bond acceptors (Lipinski definition) is 1. The molecular weight excluding hydrogens is 196 g/mol. The van der Waals surface area contributed by atoms with Gasteiger partial charge in [-0.2, -0.15) is 0 Å². The first-order valence-electron chi connectivity index (χ1n) is 5.68. The molecule has 0 aliphatic rings. The number of hydrogen-bond donors (Lipinski definition) is 1. The first kappa shape index (κ1) is 10.7. The molecule has 0 spiro atoms. The highest BCUT2D eigenvalue weighted by atomic mass is 16.3. The molecule has 0 saturated heterocycles. The molecule has 0 fully saturated rings. The van der Waals surface area contributed by atoms with E-state index in [1.54, 1.807) is 12.1 Å². The zero-order valence-corrected chi connectivity index (χ0v) is 9.48. The number of aryl methyl sites for hydroxylation is 1. The second-order valence-electron chi connectivity index (χ2n) is 4.00. The van der Waals surface area contributed by atoms with E-state index >= 15 is 0 Å². The Morgan fingerprint density at radius 2 is 1.69 bits per heavy atom. The number of phenols is 1. The van der Waals surface area contributed by atoms with Gasteiger partial charge in [-0.3, -0.25) is 0 Å². The molecule has 0 aliphatic heterocycles. The van der Waals surface area contributed by atoms with Crippen LogP contribution >= 0.6 is 0 Å². The molecular formula is C15H16O. The summed E-state index contributed by atoms with van der Waals surface area (Å²) in [5.41, 5.74) is 3.57. The van der Waals surface area contributed by atoms with Crippen LogP contribution in [0, 0.1) is 0 Å². The summed E-state index contributed by atoms with van der Waals surface area (Å²) in [4.78, 5) is 0. The Morgan fingerprint density at radius 3 is 2.31 bits per heavy atom. The lowest BCUT2D eigenvalue weighted by Crippen LogP contribution is -1.83. The number of benzene rings is 2. The molecule has 16 heavy (non-hydrogen) atoms.